The van der Waals surface area contributed by atoms with Crippen LogP contribution >= 0.6 is 0 Å². The van der Waals surface area contributed by atoms with E-state index in [-0.39, 0.29) is 0 Å². The molecule has 0 N–H and O–H groups in total. The number of nitrogens with zero attached hydrogens (tertiary/aromatic N) is 3. The Morgan fingerprint density at radius 3 is 1.88 bits per heavy atom. The summed E-state index contributed by atoms with van der Waals surface area (Å²) in [5.41, 5.74) is 1.06. The van der Waals surface area contributed by atoms with E-state index in [0.29, 0.717) is 0 Å². The molecule has 5 aromatic rings. The molecule has 3 heteroatoms. The van der Waals surface area contributed by atoms with E-state index in [0.717, 1.165) is 23.0 Å². The molecule has 0 aliphatic rings. The summed E-state index contributed by atoms with van der Waals surface area (Å²) in [6.45, 7) is 3.82. The molecule has 0 aliphatic heterocycles. The SMILES string of the molecule is Cc1nc(C)nc(-c2ccc3ccc4cccc5ccc2c3c45)n1. The zero-order valence-corrected chi connectivity index (χ0v) is 13.5. The predicted octanol–water partition coefficient (Wildman–Crippen LogP) is 5.05. The van der Waals surface area contributed by atoms with E-state index < -0.39 is 0 Å². The molecule has 1 heterocycles. The standard InChI is InChI=1S/C21H15N3/c1-12-22-13(2)24-21(23-12)18-11-9-16-7-6-14-4-3-5-15-8-10-17(18)20(16)19(14)15/h3-11H,1-2H3. The van der Waals surface area contributed by atoms with Crippen molar-refractivity contribution in [2.75, 3.05) is 0 Å². The largest absolute Gasteiger partial charge is 0.219 e. The molecule has 0 radical (unpaired) electrons. The van der Waals surface area contributed by atoms with Gasteiger partial charge in [0.2, 0.25) is 0 Å². The van der Waals surface area contributed by atoms with Gasteiger partial charge in [0.15, 0.2) is 5.82 Å². The van der Waals surface area contributed by atoms with Crippen LogP contribution < -0.4 is 0 Å². The van der Waals surface area contributed by atoms with Crippen LogP contribution in [0.4, 0.5) is 0 Å². The van der Waals surface area contributed by atoms with Crippen molar-refractivity contribution in [1.29, 1.82) is 0 Å². The van der Waals surface area contributed by atoms with E-state index in [1.807, 2.05) is 13.8 Å². The van der Waals surface area contributed by atoms with Crippen LogP contribution in [0.3, 0.4) is 0 Å². The van der Waals surface area contributed by atoms with Crippen LogP contribution in [-0.2, 0) is 0 Å². The van der Waals surface area contributed by atoms with Crippen molar-refractivity contribution in [1.82, 2.24) is 15.0 Å². The van der Waals surface area contributed by atoms with Gasteiger partial charge in [-0.25, -0.2) is 15.0 Å². The molecule has 24 heavy (non-hydrogen) atoms. The lowest BCUT2D eigenvalue weighted by Crippen LogP contribution is -1.99. The minimum atomic E-state index is 0.748. The minimum absolute atomic E-state index is 0.748. The average molecular weight is 309 g/mol. The highest BCUT2D eigenvalue weighted by molar-refractivity contribution is 6.25. The highest BCUT2D eigenvalue weighted by Crippen LogP contribution is 2.38. The molecule has 0 saturated carbocycles. The Morgan fingerprint density at radius 1 is 0.583 bits per heavy atom. The Hall–Kier alpha value is -3.07. The van der Waals surface area contributed by atoms with Gasteiger partial charge in [0.1, 0.15) is 11.6 Å². The van der Waals surface area contributed by atoms with Gasteiger partial charge in [-0.15, -0.1) is 0 Å². The van der Waals surface area contributed by atoms with Crippen molar-refractivity contribution < 1.29 is 0 Å². The molecule has 4 aromatic carbocycles. The first-order chi connectivity index (χ1) is 11.7. The van der Waals surface area contributed by atoms with Gasteiger partial charge in [0, 0.05) is 5.56 Å². The van der Waals surface area contributed by atoms with Crippen LogP contribution in [0.15, 0.2) is 54.6 Å². The Labute approximate surface area is 139 Å². The van der Waals surface area contributed by atoms with Crippen LogP contribution in [0.1, 0.15) is 11.6 Å². The molecular weight excluding hydrogens is 294 g/mol. The second kappa shape index (κ2) is 4.71. The molecule has 0 saturated heterocycles. The molecule has 1 aromatic heterocycles. The predicted molar refractivity (Wildman–Crippen MR) is 98.4 cm³/mol. The summed E-state index contributed by atoms with van der Waals surface area (Å²) in [7, 11) is 0. The van der Waals surface area contributed by atoms with Crippen molar-refractivity contribution in [3.8, 4) is 11.4 Å². The number of aryl methyl sites for hydroxylation is 2. The Morgan fingerprint density at radius 2 is 1.17 bits per heavy atom. The van der Waals surface area contributed by atoms with Crippen LogP contribution in [0.25, 0.3) is 43.7 Å². The summed E-state index contributed by atoms with van der Waals surface area (Å²) >= 11 is 0. The maximum absolute atomic E-state index is 4.56. The number of hydrogen-bond acceptors (Lipinski definition) is 3. The highest BCUT2D eigenvalue weighted by atomic mass is 15.0. The maximum Gasteiger partial charge on any atom is 0.163 e. The van der Waals surface area contributed by atoms with Crippen molar-refractivity contribution >= 4 is 32.3 Å². The number of hydrogen-bond donors (Lipinski definition) is 0. The topological polar surface area (TPSA) is 38.7 Å². The van der Waals surface area contributed by atoms with Gasteiger partial charge in [-0.1, -0.05) is 48.5 Å². The zero-order valence-electron chi connectivity index (χ0n) is 13.5. The van der Waals surface area contributed by atoms with Crippen molar-refractivity contribution in [3.63, 3.8) is 0 Å². The summed E-state index contributed by atoms with van der Waals surface area (Å²) in [6.07, 6.45) is 0. The summed E-state index contributed by atoms with van der Waals surface area (Å²) in [6, 6.07) is 19.5. The molecule has 3 nitrogen and oxygen atoms in total. The highest BCUT2D eigenvalue weighted by Gasteiger charge is 2.13. The van der Waals surface area contributed by atoms with E-state index in [1.165, 1.54) is 32.3 Å². The summed E-state index contributed by atoms with van der Waals surface area (Å²) < 4.78 is 0. The first kappa shape index (κ1) is 13.4. The molecule has 0 amide bonds. The molecule has 0 spiro atoms. The molecule has 0 aliphatic carbocycles. The van der Waals surface area contributed by atoms with Crippen LogP contribution in [0, 0.1) is 13.8 Å². The third-order valence-electron chi connectivity index (χ3n) is 4.63. The van der Waals surface area contributed by atoms with Gasteiger partial charge in [-0.2, -0.15) is 0 Å². The quantitative estimate of drug-likeness (QED) is 0.407. The summed E-state index contributed by atoms with van der Waals surface area (Å²) in [4.78, 5) is 13.4. The van der Waals surface area contributed by atoms with Gasteiger partial charge in [0.05, 0.1) is 0 Å². The van der Waals surface area contributed by atoms with Gasteiger partial charge < -0.3 is 0 Å². The van der Waals surface area contributed by atoms with Crippen LogP contribution in [0.2, 0.25) is 0 Å². The van der Waals surface area contributed by atoms with Crippen molar-refractivity contribution in [2.24, 2.45) is 0 Å². The first-order valence-corrected chi connectivity index (χ1v) is 8.07. The van der Waals surface area contributed by atoms with E-state index in [1.54, 1.807) is 0 Å². The number of benzene rings is 4. The van der Waals surface area contributed by atoms with Gasteiger partial charge in [-0.3, -0.25) is 0 Å². The fourth-order valence-electron chi connectivity index (χ4n) is 3.67. The van der Waals surface area contributed by atoms with E-state index in [9.17, 15) is 0 Å². The smallest absolute Gasteiger partial charge is 0.163 e. The number of aromatic nitrogens is 3. The Balaban J connectivity index is 1.97. The lowest BCUT2D eigenvalue weighted by atomic mass is 9.92. The normalized spacial score (nSPS) is 11.8. The van der Waals surface area contributed by atoms with Crippen molar-refractivity contribution in [3.05, 3.63) is 66.2 Å². The fraction of sp³-hybridized carbons (Fsp3) is 0.0952. The maximum atomic E-state index is 4.56. The third-order valence-corrected chi connectivity index (χ3v) is 4.63. The van der Waals surface area contributed by atoms with Crippen LogP contribution in [0.5, 0.6) is 0 Å². The summed E-state index contributed by atoms with van der Waals surface area (Å²) in [5, 5.41) is 7.59. The fourth-order valence-corrected chi connectivity index (χ4v) is 3.67. The average Bonchev–Trinajstić information content (AvgIpc) is 2.58. The molecule has 0 fully saturated rings. The molecule has 0 atom stereocenters. The molecular formula is C21H15N3. The second-order valence-electron chi connectivity index (χ2n) is 6.22. The van der Waals surface area contributed by atoms with Crippen molar-refractivity contribution in [2.45, 2.75) is 13.8 Å². The van der Waals surface area contributed by atoms with Gasteiger partial charge in [-0.05, 0) is 52.2 Å². The molecule has 114 valence electrons. The van der Waals surface area contributed by atoms with Gasteiger partial charge in [0.25, 0.3) is 0 Å². The lowest BCUT2D eigenvalue weighted by molar-refractivity contribution is 0.930. The molecule has 0 bridgehead atoms. The van der Waals surface area contributed by atoms with Gasteiger partial charge >= 0.3 is 0 Å². The Bertz CT molecular complexity index is 1190. The lowest BCUT2D eigenvalue weighted by Gasteiger charge is -2.13. The number of rotatable bonds is 1. The van der Waals surface area contributed by atoms with E-state index in [4.69, 9.17) is 0 Å². The second-order valence-corrected chi connectivity index (χ2v) is 6.22. The Kier molecular flexibility index (Phi) is 2.63. The first-order valence-electron chi connectivity index (χ1n) is 8.07. The third kappa shape index (κ3) is 1.81. The van der Waals surface area contributed by atoms with Crippen LogP contribution in [-0.4, -0.2) is 15.0 Å². The zero-order chi connectivity index (χ0) is 16.3. The summed E-state index contributed by atoms with van der Waals surface area (Å²) in [5.74, 6) is 2.25. The molecule has 0 unspecified atom stereocenters. The minimum Gasteiger partial charge on any atom is -0.219 e. The molecule has 5 rings (SSSR count). The van der Waals surface area contributed by atoms with E-state index >= 15 is 0 Å². The monoisotopic (exact) mass is 309 g/mol. The van der Waals surface area contributed by atoms with E-state index in [2.05, 4.69) is 69.5 Å².